The van der Waals surface area contributed by atoms with Crippen LogP contribution >= 0.6 is 34.4 Å². The summed E-state index contributed by atoms with van der Waals surface area (Å²) in [7, 11) is 0. The number of nitrogens with zero attached hydrogens (tertiary/aromatic N) is 2. The molecule has 0 radical (unpaired) electrons. The molecule has 26 heavy (non-hydrogen) atoms. The number of aromatic nitrogens is 1. The Kier molecular flexibility index (Phi) is 4.35. The van der Waals surface area contributed by atoms with Crippen LogP contribution in [0.4, 0.5) is 0 Å². The monoisotopic (exact) mass is 411 g/mol. The quantitative estimate of drug-likeness (QED) is 0.698. The zero-order valence-corrected chi connectivity index (χ0v) is 16.3. The zero-order valence-electron chi connectivity index (χ0n) is 13.8. The number of aliphatic carboxylic acids is 1. The molecule has 2 aromatic rings. The molecule has 2 N–H and O–H groups in total. The van der Waals surface area contributed by atoms with E-state index in [0.717, 1.165) is 15.1 Å². The fraction of sp³-hybridized carbons (Fsp3) is 0.438. The van der Waals surface area contributed by atoms with Gasteiger partial charge in [-0.2, -0.15) is 0 Å². The van der Waals surface area contributed by atoms with Crippen molar-refractivity contribution in [1.82, 2.24) is 9.88 Å². The van der Waals surface area contributed by atoms with Crippen molar-refractivity contribution in [2.75, 3.05) is 0 Å². The van der Waals surface area contributed by atoms with Crippen molar-refractivity contribution in [2.45, 2.75) is 36.9 Å². The third-order valence-corrected chi connectivity index (χ3v) is 8.40. The molecule has 0 aromatic carbocycles. The van der Waals surface area contributed by atoms with E-state index in [1.807, 2.05) is 12.3 Å². The summed E-state index contributed by atoms with van der Waals surface area (Å²) >= 11 is 4.13. The second-order valence-electron chi connectivity index (χ2n) is 6.39. The Morgan fingerprint density at radius 1 is 1.54 bits per heavy atom. The molecule has 2 aliphatic heterocycles. The van der Waals surface area contributed by atoms with Crippen molar-refractivity contribution in [1.29, 1.82) is 0 Å². The van der Waals surface area contributed by atoms with Crippen molar-refractivity contribution >= 4 is 55.8 Å². The van der Waals surface area contributed by atoms with Crippen LogP contribution < -0.4 is 5.11 Å². The molecule has 2 aromatic heterocycles. The number of β-lactam (4-membered cyclic amide) rings is 1. The van der Waals surface area contributed by atoms with Crippen molar-refractivity contribution in [3.05, 3.63) is 21.5 Å². The van der Waals surface area contributed by atoms with E-state index >= 15 is 0 Å². The second-order valence-corrected chi connectivity index (χ2v) is 9.82. The van der Waals surface area contributed by atoms with E-state index in [2.05, 4.69) is 4.98 Å². The molecule has 0 unspecified atom stereocenters. The summed E-state index contributed by atoms with van der Waals surface area (Å²) in [6, 6.07) is -0.369. The summed E-state index contributed by atoms with van der Waals surface area (Å²) in [6.07, 6.45) is -0.837. The Balaban J connectivity index is 1.70. The largest absolute Gasteiger partial charge is 0.543 e. The molecule has 4 heterocycles. The number of thiophene rings is 1. The average molecular weight is 412 g/mol. The molecule has 1 amide bonds. The number of carboxylic acids is 1. The van der Waals surface area contributed by atoms with Gasteiger partial charge in [0.1, 0.15) is 4.01 Å². The van der Waals surface area contributed by atoms with Crippen LogP contribution in [0.15, 0.2) is 20.3 Å². The van der Waals surface area contributed by atoms with Crippen LogP contribution in [0.2, 0.25) is 0 Å². The number of amides is 1. The average Bonchev–Trinajstić information content (AvgIpc) is 3.19. The van der Waals surface area contributed by atoms with Crippen LogP contribution in [-0.2, 0) is 16.2 Å². The van der Waals surface area contributed by atoms with Crippen LogP contribution in [0.5, 0.6) is 0 Å². The van der Waals surface area contributed by atoms with Crippen LogP contribution in [0.1, 0.15) is 19.4 Å². The first-order valence-electron chi connectivity index (χ1n) is 7.97. The highest BCUT2D eigenvalue weighted by molar-refractivity contribution is 8.04. The van der Waals surface area contributed by atoms with E-state index in [9.17, 15) is 24.9 Å². The summed E-state index contributed by atoms with van der Waals surface area (Å²) < 4.78 is 1.62. The van der Waals surface area contributed by atoms with Crippen LogP contribution in [0.25, 0.3) is 9.53 Å². The standard InChI is InChI=1S/C16H16N2O5S3/c1-5-10-8(6(2)20)13(21)18(10)11(14(22)23)12(5)25-16-17-9-7(3-19)4-24-15(9)26-16/h4-6,8,10,19-20H,3H2,1-2H3,(H,22,23)/p-1/t5-,6-,8-,10-/m1/s1. The van der Waals surface area contributed by atoms with Gasteiger partial charge in [-0.25, -0.2) is 4.98 Å². The lowest BCUT2D eigenvalue weighted by molar-refractivity contribution is -0.301. The maximum Gasteiger partial charge on any atom is 0.235 e. The van der Waals surface area contributed by atoms with Crippen LogP contribution in [0.3, 0.4) is 0 Å². The number of thiazole rings is 1. The number of aliphatic hydroxyl groups is 2. The Hall–Kier alpha value is -1.46. The maximum absolute atomic E-state index is 12.3. The van der Waals surface area contributed by atoms with Gasteiger partial charge in [-0.05, 0) is 12.3 Å². The molecule has 0 aliphatic carbocycles. The fourth-order valence-corrected chi connectivity index (χ4v) is 7.29. The number of carboxylic acid groups (broad SMARTS) is 1. The minimum Gasteiger partial charge on any atom is -0.543 e. The predicted octanol–water partition coefficient (Wildman–Crippen LogP) is 0.761. The minimum atomic E-state index is -1.39. The number of hydrogen-bond acceptors (Lipinski definition) is 9. The molecular weight excluding hydrogens is 396 g/mol. The zero-order chi connectivity index (χ0) is 18.7. The number of rotatable bonds is 5. The van der Waals surface area contributed by atoms with E-state index in [0.29, 0.717) is 9.24 Å². The molecule has 10 heteroatoms. The lowest BCUT2D eigenvalue weighted by atomic mass is 9.79. The van der Waals surface area contributed by atoms with Crippen molar-refractivity contribution < 1.29 is 24.9 Å². The van der Waals surface area contributed by atoms with E-state index in [4.69, 9.17) is 0 Å². The van der Waals surface area contributed by atoms with Gasteiger partial charge in [0, 0.05) is 16.4 Å². The van der Waals surface area contributed by atoms with E-state index in [1.54, 1.807) is 6.92 Å². The summed E-state index contributed by atoms with van der Waals surface area (Å²) in [5.41, 5.74) is 1.36. The summed E-state index contributed by atoms with van der Waals surface area (Å²) in [6.45, 7) is 3.30. The Morgan fingerprint density at radius 3 is 2.88 bits per heavy atom. The minimum absolute atomic E-state index is 0.0995. The molecule has 2 aliphatic rings. The topological polar surface area (TPSA) is 114 Å². The van der Waals surface area contributed by atoms with E-state index in [1.165, 1.54) is 39.3 Å². The fourth-order valence-electron chi connectivity index (χ4n) is 3.65. The van der Waals surface area contributed by atoms with Gasteiger partial charge in [0.05, 0.1) is 41.9 Å². The number of thioether (sulfide) groups is 1. The molecule has 0 spiro atoms. The lowest BCUT2D eigenvalue weighted by Crippen LogP contribution is -2.64. The molecule has 1 fully saturated rings. The van der Waals surface area contributed by atoms with Gasteiger partial charge in [-0.3, -0.25) is 4.79 Å². The number of fused-ring (bicyclic) bond motifs is 2. The van der Waals surface area contributed by atoms with Gasteiger partial charge in [-0.1, -0.05) is 30.0 Å². The first-order chi connectivity index (χ1) is 12.3. The molecule has 4 rings (SSSR count). The summed E-state index contributed by atoms with van der Waals surface area (Å²) in [5, 5.41) is 32.8. The van der Waals surface area contributed by atoms with Gasteiger partial charge in [0.15, 0.2) is 4.34 Å². The van der Waals surface area contributed by atoms with Gasteiger partial charge >= 0.3 is 0 Å². The smallest absolute Gasteiger partial charge is 0.235 e. The first-order valence-corrected chi connectivity index (χ1v) is 10.5. The molecule has 4 atom stereocenters. The maximum atomic E-state index is 12.3. The Bertz CT molecular complexity index is 947. The third kappa shape index (κ3) is 2.43. The highest BCUT2D eigenvalue weighted by atomic mass is 32.2. The third-order valence-electron chi connectivity index (χ3n) is 4.86. The Labute approximate surface area is 161 Å². The second kappa shape index (κ2) is 6.31. The van der Waals surface area contributed by atoms with Gasteiger partial charge < -0.3 is 25.0 Å². The normalized spacial score (nSPS) is 26.4. The highest BCUT2D eigenvalue weighted by Gasteiger charge is 2.58. The molecule has 0 bridgehead atoms. The lowest BCUT2D eigenvalue weighted by Gasteiger charge is -2.47. The van der Waals surface area contributed by atoms with Crippen molar-refractivity contribution in [3.8, 4) is 0 Å². The van der Waals surface area contributed by atoms with Crippen LogP contribution in [0, 0.1) is 11.8 Å². The number of carbonyl (C=O) groups excluding carboxylic acids is 2. The molecule has 138 valence electrons. The van der Waals surface area contributed by atoms with E-state index < -0.39 is 18.0 Å². The number of aliphatic hydroxyl groups excluding tert-OH is 2. The summed E-state index contributed by atoms with van der Waals surface area (Å²) in [5.74, 6) is -2.61. The molecule has 1 saturated heterocycles. The molecule has 0 saturated carbocycles. The van der Waals surface area contributed by atoms with Gasteiger partial charge in [0.2, 0.25) is 5.91 Å². The molecule has 7 nitrogen and oxygen atoms in total. The van der Waals surface area contributed by atoms with Crippen molar-refractivity contribution in [2.24, 2.45) is 11.8 Å². The molecular formula is C16H15N2O5S3-. The van der Waals surface area contributed by atoms with Crippen LogP contribution in [-0.4, -0.2) is 44.1 Å². The number of carbonyl (C=O) groups is 2. The Morgan fingerprint density at radius 2 is 2.27 bits per heavy atom. The van der Waals surface area contributed by atoms with Gasteiger partial charge in [0.25, 0.3) is 0 Å². The first kappa shape index (κ1) is 17.9. The summed E-state index contributed by atoms with van der Waals surface area (Å²) in [4.78, 5) is 30.3. The van der Waals surface area contributed by atoms with Crippen molar-refractivity contribution in [3.63, 3.8) is 0 Å². The highest BCUT2D eigenvalue weighted by Crippen LogP contribution is 2.52. The van der Waals surface area contributed by atoms with Gasteiger partial charge in [-0.15, -0.1) is 11.3 Å². The SMILES string of the molecule is C[C@@H](O)[C@H]1C(=O)N2C(C(=O)[O-])=C(Sc3nc4c(CO)csc4s3)[C@H](C)[C@H]12. The number of hydrogen-bond donors (Lipinski definition) is 2. The van der Waals surface area contributed by atoms with E-state index in [-0.39, 0.29) is 30.2 Å². The predicted molar refractivity (Wildman–Crippen MR) is 96.3 cm³/mol.